The Hall–Kier alpha value is -1.15. The second-order valence-electron chi connectivity index (χ2n) is 5.96. The predicted octanol–water partition coefficient (Wildman–Crippen LogP) is 5.80. The van der Waals surface area contributed by atoms with Gasteiger partial charge in [-0.2, -0.15) is 0 Å². The van der Waals surface area contributed by atoms with Crippen molar-refractivity contribution in [1.29, 1.82) is 0 Å². The van der Waals surface area contributed by atoms with Crippen LogP contribution in [-0.2, 0) is 0 Å². The average Bonchev–Trinajstić information content (AvgIpc) is 2.94. The van der Waals surface area contributed by atoms with E-state index in [0.717, 1.165) is 16.8 Å². The van der Waals surface area contributed by atoms with E-state index in [-0.39, 0.29) is 0 Å². The summed E-state index contributed by atoms with van der Waals surface area (Å²) in [4.78, 5) is 5.76. The molecule has 1 heterocycles. The lowest BCUT2D eigenvalue weighted by atomic mass is 9.74. The van der Waals surface area contributed by atoms with Gasteiger partial charge in [-0.1, -0.05) is 50.5 Å². The van der Waals surface area contributed by atoms with Crippen molar-refractivity contribution < 1.29 is 0 Å². The second kappa shape index (κ2) is 6.09. The van der Waals surface area contributed by atoms with Crippen LogP contribution in [0.3, 0.4) is 0 Å². The number of rotatable bonds is 3. The lowest BCUT2D eigenvalue weighted by Gasteiger charge is -2.31. The van der Waals surface area contributed by atoms with Gasteiger partial charge in [-0.15, -0.1) is 11.3 Å². The Labute approximate surface area is 126 Å². The van der Waals surface area contributed by atoms with Crippen LogP contribution in [0, 0.1) is 12.8 Å². The monoisotopic (exact) mass is 285 g/mol. The highest BCUT2D eigenvalue weighted by Crippen LogP contribution is 2.40. The van der Waals surface area contributed by atoms with E-state index in [1.165, 1.54) is 48.1 Å². The van der Waals surface area contributed by atoms with E-state index in [1.807, 2.05) is 6.20 Å². The van der Waals surface area contributed by atoms with Crippen LogP contribution in [0.1, 0.15) is 55.4 Å². The van der Waals surface area contributed by atoms with Gasteiger partial charge in [0.2, 0.25) is 0 Å². The number of aryl methyl sites for hydroxylation is 1. The van der Waals surface area contributed by atoms with Crippen LogP contribution in [0.4, 0.5) is 0 Å². The molecule has 1 saturated carbocycles. The second-order valence-corrected chi connectivity index (χ2v) is 7.19. The van der Waals surface area contributed by atoms with Gasteiger partial charge in [-0.05, 0) is 37.2 Å². The molecular weight excluding hydrogens is 262 g/mol. The van der Waals surface area contributed by atoms with E-state index in [9.17, 15) is 0 Å². The first-order valence-electron chi connectivity index (χ1n) is 7.80. The van der Waals surface area contributed by atoms with Crippen LogP contribution in [-0.4, -0.2) is 4.98 Å². The minimum absolute atomic E-state index is 0.779. The molecule has 2 atom stereocenters. The molecule has 2 aromatic rings. The normalized spacial score (nSPS) is 22.9. The molecule has 20 heavy (non-hydrogen) atoms. The lowest BCUT2D eigenvalue weighted by Crippen LogP contribution is -2.16. The Kier molecular flexibility index (Phi) is 4.21. The van der Waals surface area contributed by atoms with Crippen molar-refractivity contribution in [3.05, 3.63) is 40.9 Å². The minimum atomic E-state index is 0.779. The third-order valence-corrected chi connectivity index (χ3v) is 5.60. The predicted molar refractivity (Wildman–Crippen MR) is 87.3 cm³/mol. The molecule has 2 heteroatoms. The van der Waals surface area contributed by atoms with Crippen molar-refractivity contribution in [2.75, 3.05) is 0 Å². The number of hydrogen-bond donors (Lipinski definition) is 0. The average molecular weight is 285 g/mol. The highest BCUT2D eigenvalue weighted by molar-refractivity contribution is 7.14. The number of aromatic nitrogens is 1. The summed E-state index contributed by atoms with van der Waals surface area (Å²) >= 11 is 1.78. The van der Waals surface area contributed by atoms with Crippen LogP contribution in [0.2, 0.25) is 0 Å². The topological polar surface area (TPSA) is 12.9 Å². The maximum Gasteiger partial charge on any atom is 0.123 e. The summed E-state index contributed by atoms with van der Waals surface area (Å²) in [5.74, 6) is 1.66. The summed E-state index contributed by atoms with van der Waals surface area (Å²) in [6.45, 7) is 4.46. The van der Waals surface area contributed by atoms with Crippen molar-refractivity contribution in [1.82, 2.24) is 4.98 Å². The molecule has 0 bridgehead atoms. The van der Waals surface area contributed by atoms with E-state index in [4.69, 9.17) is 0 Å². The highest BCUT2D eigenvalue weighted by atomic mass is 32.1. The summed E-state index contributed by atoms with van der Waals surface area (Å²) in [6.07, 6.45) is 8.88. The smallest absolute Gasteiger partial charge is 0.123 e. The number of benzene rings is 1. The summed E-state index contributed by atoms with van der Waals surface area (Å²) in [5, 5.41) is 1.14. The van der Waals surface area contributed by atoms with Crippen molar-refractivity contribution >= 4 is 11.3 Å². The molecule has 1 aromatic heterocycles. The van der Waals surface area contributed by atoms with Gasteiger partial charge in [-0.3, -0.25) is 0 Å². The van der Waals surface area contributed by atoms with Crippen molar-refractivity contribution in [2.45, 2.75) is 51.9 Å². The van der Waals surface area contributed by atoms with E-state index < -0.39 is 0 Å². The first kappa shape index (κ1) is 13.8. The third-order valence-electron chi connectivity index (χ3n) is 4.64. The molecule has 0 aliphatic heterocycles. The lowest BCUT2D eigenvalue weighted by molar-refractivity contribution is 0.299. The fourth-order valence-corrected chi connectivity index (χ4v) is 4.27. The third kappa shape index (κ3) is 2.80. The SMILES string of the molecule is CCC1CCCCC1c1ccc(-c2ncc(C)s2)cc1. The zero-order valence-corrected chi connectivity index (χ0v) is 13.2. The molecule has 1 fully saturated rings. The summed E-state index contributed by atoms with van der Waals surface area (Å²) in [6, 6.07) is 9.19. The molecule has 0 N–H and O–H groups in total. The molecule has 3 rings (SSSR count). The Balaban J connectivity index is 1.81. The maximum atomic E-state index is 4.48. The molecule has 0 saturated heterocycles. The first-order chi connectivity index (χ1) is 9.78. The maximum absolute atomic E-state index is 4.48. The van der Waals surface area contributed by atoms with Crippen LogP contribution >= 0.6 is 11.3 Å². The van der Waals surface area contributed by atoms with Crippen molar-refractivity contribution in [3.63, 3.8) is 0 Å². The molecular formula is C18H23NS. The highest BCUT2D eigenvalue weighted by Gasteiger charge is 2.24. The Morgan fingerprint density at radius 2 is 1.90 bits per heavy atom. The standard InChI is InChI=1S/C18H23NS/c1-3-14-6-4-5-7-17(14)15-8-10-16(11-9-15)18-19-12-13(2)20-18/h8-12,14,17H,3-7H2,1-2H3. The van der Waals surface area contributed by atoms with Crippen molar-refractivity contribution in [2.24, 2.45) is 5.92 Å². The van der Waals surface area contributed by atoms with E-state index in [1.54, 1.807) is 11.3 Å². The fourth-order valence-electron chi connectivity index (χ4n) is 3.50. The van der Waals surface area contributed by atoms with Crippen LogP contribution < -0.4 is 0 Å². The quantitative estimate of drug-likeness (QED) is 0.694. The first-order valence-corrected chi connectivity index (χ1v) is 8.62. The van der Waals surface area contributed by atoms with Crippen molar-refractivity contribution in [3.8, 4) is 10.6 Å². The largest absolute Gasteiger partial charge is 0.244 e. The Bertz CT molecular complexity index is 555. The molecule has 106 valence electrons. The Morgan fingerprint density at radius 3 is 2.55 bits per heavy atom. The minimum Gasteiger partial charge on any atom is -0.244 e. The van der Waals surface area contributed by atoms with Gasteiger partial charge in [-0.25, -0.2) is 4.98 Å². The van der Waals surface area contributed by atoms with Gasteiger partial charge in [0.25, 0.3) is 0 Å². The van der Waals surface area contributed by atoms with E-state index in [2.05, 4.69) is 43.1 Å². The van der Waals surface area contributed by atoms with Gasteiger partial charge in [0, 0.05) is 16.6 Å². The Morgan fingerprint density at radius 1 is 1.15 bits per heavy atom. The number of hydrogen-bond acceptors (Lipinski definition) is 2. The molecule has 0 spiro atoms. The van der Waals surface area contributed by atoms with Gasteiger partial charge >= 0.3 is 0 Å². The molecule has 1 aromatic carbocycles. The summed E-state index contributed by atoms with van der Waals surface area (Å²) in [7, 11) is 0. The van der Waals surface area contributed by atoms with Crippen LogP contribution in [0.15, 0.2) is 30.5 Å². The molecule has 1 aliphatic carbocycles. The zero-order chi connectivity index (χ0) is 13.9. The van der Waals surface area contributed by atoms with Gasteiger partial charge in [0.05, 0.1) is 0 Å². The summed E-state index contributed by atoms with van der Waals surface area (Å²) in [5.41, 5.74) is 2.80. The number of thiazole rings is 1. The zero-order valence-electron chi connectivity index (χ0n) is 12.4. The molecule has 1 aliphatic rings. The molecule has 0 radical (unpaired) electrons. The fraction of sp³-hybridized carbons (Fsp3) is 0.500. The van der Waals surface area contributed by atoms with E-state index in [0.29, 0.717) is 0 Å². The van der Waals surface area contributed by atoms with Gasteiger partial charge in [0.1, 0.15) is 5.01 Å². The van der Waals surface area contributed by atoms with Gasteiger partial charge in [0.15, 0.2) is 0 Å². The van der Waals surface area contributed by atoms with Gasteiger partial charge < -0.3 is 0 Å². The molecule has 0 amide bonds. The van der Waals surface area contributed by atoms with E-state index >= 15 is 0 Å². The van der Waals surface area contributed by atoms with Crippen LogP contribution in [0.25, 0.3) is 10.6 Å². The molecule has 1 nitrogen and oxygen atoms in total. The molecule has 2 unspecified atom stereocenters. The number of nitrogens with zero attached hydrogens (tertiary/aromatic N) is 1. The van der Waals surface area contributed by atoms with Crippen LogP contribution in [0.5, 0.6) is 0 Å². The summed E-state index contributed by atoms with van der Waals surface area (Å²) < 4.78 is 0.